The van der Waals surface area contributed by atoms with Crippen molar-refractivity contribution in [3.8, 4) is 5.69 Å². The van der Waals surface area contributed by atoms with E-state index in [1.54, 1.807) is 11.8 Å². The van der Waals surface area contributed by atoms with Gasteiger partial charge in [-0.3, -0.25) is 18.7 Å². The molecule has 2 rings (SSSR count). The monoisotopic (exact) mass is 316 g/mol. The van der Waals surface area contributed by atoms with Crippen LogP contribution in [0.2, 0.25) is 0 Å². The number of aromatic nitrogens is 2. The van der Waals surface area contributed by atoms with Crippen LogP contribution in [0.4, 0.5) is 4.39 Å². The molecule has 0 radical (unpaired) electrons. The molecule has 110 valence electrons. The number of H-pyrrole nitrogens is 1. The van der Waals surface area contributed by atoms with Gasteiger partial charge in [0.15, 0.2) is 0 Å². The van der Waals surface area contributed by atoms with Crippen molar-refractivity contribution in [3.05, 3.63) is 31.4 Å². The average molecular weight is 316 g/mol. The molecule has 2 aliphatic rings. The van der Waals surface area contributed by atoms with Gasteiger partial charge >= 0.3 is 5.69 Å². The summed E-state index contributed by atoms with van der Waals surface area (Å²) < 4.78 is 14.3. The van der Waals surface area contributed by atoms with E-state index in [9.17, 15) is 14.0 Å². The molecule has 0 fully saturated rings. The van der Waals surface area contributed by atoms with Crippen LogP contribution in [-0.2, 0) is 0 Å². The Balaban J connectivity index is 2.27. The first kappa shape index (κ1) is 15.3. The van der Waals surface area contributed by atoms with Crippen molar-refractivity contribution < 1.29 is 4.39 Å². The minimum absolute atomic E-state index is 0.279. The summed E-state index contributed by atoms with van der Waals surface area (Å²) >= 11 is 3.10. The standard InChI is InChI=1S/C13H17FN2O2S2/c1-8-9(2)20-12(19-7-5-3-4-6-14)10-11(17)15-13(18)16(8)10/h3-7H2,1-2H3,(H,15,17,18). The summed E-state index contributed by atoms with van der Waals surface area (Å²) in [6.07, 6.45) is 2.34. The van der Waals surface area contributed by atoms with Crippen LogP contribution in [0.3, 0.4) is 0 Å². The number of thioether (sulfide) groups is 1. The number of fused-ring (bicyclic) bond motifs is 1. The number of hydrogen-bond donors (Lipinski definition) is 1. The lowest BCUT2D eigenvalue weighted by atomic mass is 10.3. The number of unbranched alkanes of at least 4 members (excludes halogenated alkanes) is 2. The van der Waals surface area contributed by atoms with Gasteiger partial charge in [-0.15, -0.1) is 23.1 Å². The largest absolute Gasteiger partial charge is 0.333 e. The van der Waals surface area contributed by atoms with Crippen LogP contribution < -0.4 is 11.2 Å². The maximum absolute atomic E-state index is 12.0. The zero-order valence-electron chi connectivity index (χ0n) is 11.5. The number of aryl methyl sites for hydroxylation is 1. The summed E-state index contributed by atoms with van der Waals surface area (Å²) in [5, 5.41) is 0. The third kappa shape index (κ3) is 2.98. The smallest absolute Gasteiger partial charge is 0.272 e. The molecule has 0 unspecified atom stereocenters. The van der Waals surface area contributed by atoms with Crippen molar-refractivity contribution in [1.82, 2.24) is 9.55 Å². The number of imidazole rings is 1. The fraction of sp³-hybridized carbons (Fsp3) is 0.538. The Hall–Kier alpha value is -1.08. The van der Waals surface area contributed by atoms with Gasteiger partial charge in [-0.25, -0.2) is 4.79 Å². The van der Waals surface area contributed by atoms with E-state index in [1.807, 2.05) is 13.8 Å². The van der Waals surface area contributed by atoms with E-state index in [1.165, 1.54) is 15.9 Å². The van der Waals surface area contributed by atoms with Crippen molar-refractivity contribution in [1.29, 1.82) is 0 Å². The lowest BCUT2D eigenvalue weighted by Gasteiger charge is -2.12. The Kier molecular flexibility index (Phi) is 5.04. The molecule has 4 nitrogen and oxygen atoms in total. The van der Waals surface area contributed by atoms with E-state index in [-0.39, 0.29) is 17.9 Å². The number of rotatable bonds is 6. The fourth-order valence-electron chi connectivity index (χ4n) is 1.97. The van der Waals surface area contributed by atoms with Crippen molar-refractivity contribution in [2.24, 2.45) is 0 Å². The molecule has 0 saturated heterocycles. The lowest BCUT2D eigenvalue weighted by Crippen LogP contribution is -2.17. The van der Waals surface area contributed by atoms with Crippen molar-refractivity contribution in [2.75, 3.05) is 12.4 Å². The van der Waals surface area contributed by atoms with Crippen molar-refractivity contribution >= 4 is 23.1 Å². The molecule has 0 aliphatic carbocycles. The third-order valence-electron chi connectivity index (χ3n) is 3.16. The molecule has 0 aromatic carbocycles. The number of aromatic amines is 1. The first-order valence-corrected chi connectivity index (χ1v) is 8.30. The van der Waals surface area contributed by atoms with Gasteiger partial charge in [0.05, 0.1) is 10.9 Å². The summed E-state index contributed by atoms with van der Waals surface area (Å²) in [5.74, 6) is 0.827. The second-order valence-electron chi connectivity index (χ2n) is 4.57. The molecule has 0 aromatic rings. The van der Waals surface area contributed by atoms with E-state index in [4.69, 9.17) is 0 Å². The molecule has 0 saturated carbocycles. The minimum atomic E-state index is -0.377. The molecule has 0 spiro atoms. The number of nitrogens with zero attached hydrogens (tertiary/aromatic N) is 1. The molecule has 1 N–H and O–H groups in total. The highest BCUT2D eigenvalue weighted by Gasteiger charge is 2.20. The van der Waals surface area contributed by atoms with E-state index >= 15 is 0 Å². The van der Waals surface area contributed by atoms with E-state index in [0.29, 0.717) is 12.1 Å². The van der Waals surface area contributed by atoms with Crippen LogP contribution in [0.1, 0.15) is 29.8 Å². The third-order valence-corrected chi connectivity index (χ3v) is 5.69. The molecule has 20 heavy (non-hydrogen) atoms. The van der Waals surface area contributed by atoms with Gasteiger partial charge < -0.3 is 0 Å². The van der Waals surface area contributed by atoms with Gasteiger partial charge in [-0.1, -0.05) is 6.42 Å². The van der Waals surface area contributed by atoms with Crippen LogP contribution in [0.5, 0.6) is 0 Å². The van der Waals surface area contributed by atoms with Crippen molar-refractivity contribution in [2.45, 2.75) is 37.3 Å². The van der Waals surface area contributed by atoms with Crippen LogP contribution in [0.15, 0.2) is 13.8 Å². The first-order valence-electron chi connectivity index (χ1n) is 6.50. The molecular weight excluding hydrogens is 299 g/mol. The van der Waals surface area contributed by atoms with Gasteiger partial charge in [-0.2, -0.15) is 0 Å². The van der Waals surface area contributed by atoms with Crippen LogP contribution in [-0.4, -0.2) is 22.0 Å². The van der Waals surface area contributed by atoms with Gasteiger partial charge in [0.2, 0.25) is 0 Å². The molecular formula is C13H17FN2O2S2. The lowest BCUT2D eigenvalue weighted by molar-refractivity contribution is 0.460. The van der Waals surface area contributed by atoms with Gasteiger partial charge in [0.25, 0.3) is 5.56 Å². The average Bonchev–Trinajstić information content (AvgIpc) is 2.70. The normalized spacial score (nSPS) is 11.3. The maximum atomic E-state index is 12.0. The van der Waals surface area contributed by atoms with Gasteiger partial charge in [0, 0.05) is 10.6 Å². The van der Waals surface area contributed by atoms with Crippen LogP contribution >= 0.6 is 23.1 Å². The topological polar surface area (TPSA) is 54.9 Å². The van der Waals surface area contributed by atoms with E-state index in [0.717, 1.165) is 33.4 Å². The Morgan fingerprint density at radius 3 is 2.70 bits per heavy atom. The molecule has 0 amide bonds. The first-order chi connectivity index (χ1) is 9.56. The summed E-state index contributed by atoms with van der Waals surface area (Å²) in [6, 6.07) is 0. The van der Waals surface area contributed by atoms with E-state index in [2.05, 4.69) is 4.98 Å². The summed E-state index contributed by atoms with van der Waals surface area (Å²) in [5.41, 5.74) is 0.534. The summed E-state index contributed by atoms with van der Waals surface area (Å²) in [6.45, 7) is 3.50. The second-order valence-corrected chi connectivity index (χ2v) is 7.16. The predicted octanol–water partition coefficient (Wildman–Crippen LogP) is 2.87. The van der Waals surface area contributed by atoms with Crippen LogP contribution in [0.25, 0.3) is 5.69 Å². The number of halogens is 1. The zero-order valence-corrected chi connectivity index (χ0v) is 13.1. The zero-order chi connectivity index (χ0) is 14.7. The van der Waals surface area contributed by atoms with Crippen molar-refractivity contribution in [3.63, 3.8) is 0 Å². The summed E-state index contributed by atoms with van der Waals surface area (Å²) in [7, 11) is 0. The molecule has 0 bridgehead atoms. The van der Waals surface area contributed by atoms with Gasteiger partial charge in [0.1, 0.15) is 5.69 Å². The predicted molar refractivity (Wildman–Crippen MR) is 81.7 cm³/mol. The Labute approximate surface area is 124 Å². The summed E-state index contributed by atoms with van der Waals surface area (Å²) in [4.78, 5) is 27.0. The molecule has 7 heteroatoms. The number of hydrogen-bond acceptors (Lipinski definition) is 4. The number of nitrogens with one attached hydrogen (secondary N) is 1. The fourth-order valence-corrected chi connectivity index (χ4v) is 4.49. The highest BCUT2D eigenvalue weighted by atomic mass is 32.2. The highest BCUT2D eigenvalue weighted by molar-refractivity contribution is 8.01. The number of alkyl halides is 1. The van der Waals surface area contributed by atoms with E-state index < -0.39 is 0 Å². The Bertz CT molecular complexity index is 674. The second kappa shape index (κ2) is 6.58. The SMILES string of the molecule is Cc1sc(SCCCCCF)c2c(=O)[nH]c(=O)n-2c1C. The Morgan fingerprint density at radius 2 is 2.00 bits per heavy atom. The maximum Gasteiger partial charge on any atom is 0.333 e. The molecule has 0 atom stereocenters. The minimum Gasteiger partial charge on any atom is -0.272 e. The molecule has 2 heterocycles. The quantitative estimate of drug-likeness (QED) is 0.658. The molecule has 0 aromatic heterocycles. The Morgan fingerprint density at radius 1 is 1.25 bits per heavy atom. The van der Waals surface area contributed by atoms with Gasteiger partial charge in [-0.05, 0) is 32.4 Å². The molecule has 2 aliphatic heterocycles. The highest BCUT2D eigenvalue weighted by Crippen LogP contribution is 2.32. The van der Waals surface area contributed by atoms with Crippen LogP contribution in [0, 0.1) is 13.8 Å².